The van der Waals surface area contributed by atoms with Crippen molar-refractivity contribution >= 4 is 9.84 Å². The Morgan fingerprint density at radius 2 is 1.69 bits per heavy atom. The quantitative estimate of drug-likeness (QED) is 0.748. The van der Waals surface area contributed by atoms with E-state index in [0.717, 1.165) is 30.5 Å². The standard InChI is InChI=1S/C17H12F3NO4S/c1-26(23,24)15-3-2-9(6-13(15)20)16-14(8-22)25-21-17(16)10-4-11(18)7-12(19)5-10/h2-7,22H,8H2,1H3. The van der Waals surface area contributed by atoms with Gasteiger partial charge in [-0.1, -0.05) is 11.2 Å². The lowest BCUT2D eigenvalue weighted by molar-refractivity contribution is 0.230. The normalized spacial score (nSPS) is 11.7. The minimum atomic E-state index is -3.77. The maximum absolute atomic E-state index is 14.2. The van der Waals surface area contributed by atoms with Crippen LogP contribution >= 0.6 is 0 Å². The molecule has 0 amide bonds. The van der Waals surface area contributed by atoms with Crippen LogP contribution in [0, 0.1) is 17.5 Å². The summed E-state index contributed by atoms with van der Waals surface area (Å²) in [7, 11) is -3.77. The van der Waals surface area contributed by atoms with Gasteiger partial charge >= 0.3 is 0 Å². The van der Waals surface area contributed by atoms with Crippen molar-refractivity contribution in [1.29, 1.82) is 0 Å². The lowest BCUT2D eigenvalue weighted by atomic mass is 9.99. The van der Waals surface area contributed by atoms with E-state index in [1.165, 1.54) is 6.07 Å². The highest BCUT2D eigenvalue weighted by molar-refractivity contribution is 7.90. The van der Waals surface area contributed by atoms with E-state index in [4.69, 9.17) is 4.52 Å². The molecule has 136 valence electrons. The zero-order valence-corrected chi connectivity index (χ0v) is 14.1. The number of aromatic nitrogens is 1. The summed E-state index contributed by atoms with van der Waals surface area (Å²) in [4.78, 5) is -0.499. The van der Waals surface area contributed by atoms with Crippen LogP contribution in [0.3, 0.4) is 0 Å². The fraction of sp³-hybridized carbons (Fsp3) is 0.118. The van der Waals surface area contributed by atoms with Gasteiger partial charge in [-0.15, -0.1) is 0 Å². The number of halogens is 3. The first kappa shape index (κ1) is 18.2. The zero-order chi connectivity index (χ0) is 19.1. The molecule has 26 heavy (non-hydrogen) atoms. The molecule has 0 atom stereocenters. The zero-order valence-electron chi connectivity index (χ0n) is 13.3. The Balaban J connectivity index is 2.22. The molecule has 3 aromatic rings. The highest BCUT2D eigenvalue weighted by Gasteiger charge is 2.22. The highest BCUT2D eigenvalue weighted by atomic mass is 32.2. The molecule has 0 aliphatic rings. The van der Waals surface area contributed by atoms with Gasteiger partial charge in [0, 0.05) is 17.9 Å². The first-order chi connectivity index (χ1) is 12.2. The molecule has 0 saturated heterocycles. The number of nitrogens with zero attached hydrogens (tertiary/aromatic N) is 1. The first-order valence-corrected chi connectivity index (χ1v) is 9.15. The Hall–Kier alpha value is -2.65. The molecule has 0 unspecified atom stereocenters. The maximum Gasteiger partial charge on any atom is 0.178 e. The van der Waals surface area contributed by atoms with Crippen LogP contribution in [0.25, 0.3) is 22.4 Å². The van der Waals surface area contributed by atoms with Gasteiger partial charge in [0.25, 0.3) is 0 Å². The largest absolute Gasteiger partial charge is 0.388 e. The molecule has 1 heterocycles. The van der Waals surface area contributed by atoms with Gasteiger partial charge in [-0.05, 0) is 29.8 Å². The first-order valence-electron chi connectivity index (χ1n) is 7.26. The van der Waals surface area contributed by atoms with Gasteiger partial charge in [0.15, 0.2) is 15.6 Å². The molecular weight excluding hydrogens is 371 g/mol. The van der Waals surface area contributed by atoms with Crippen LogP contribution in [0.15, 0.2) is 45.8 Å². The molecule has 5 nitrogen and oxygen atoms in total. The van der Waals surface area contributed by atoms with Crippen molar-refractivity contribution in [2.24, 2.45) is 0 Å². The third kappa shape index (κ3) is 3.35. The van der Waals surface area contributed by atoms with Crippen molar-refractivity contribution in [2.45, 2.75) is 11.5 Å². The van der Waals surface area contributed by atoms with Crippen LogP contribution in [-0.4, -0.2) is 24.9 Å². The summed E-state index contributed by atoms with van der Waals surface area (Å²) in [5.74, 6) is -2.76. The molecular formula is C17H12F3NO4S. The minimum absolute atomic E-state index is 0.0149. The lowest BCUT2D eigenvalue weighted by Crippen LogP contribution is -2.01. The Labute approximate surface area is 146 Å². The van der Waals surface area contributed by atoms with E-state index in [1.807, 2.05) is 0 Å². The number of hydrogen-bond donors (Lipinski definition) is 1. The van der Waals surface area contributed by atoms with Crippen molar-refractivity contribution in [3.63, 3.8) is 0 Å². The lowest BCUT2D eigenvalue weighted by Gasteiger charge is -2.07. The van der Waals surface area contributed by atoms with Crippen molar-refractivity contribution in [2.75, 3.05) is 6.26 Å². The average Bonchev–Trinajstić information content (AvgIpc) is 2.96. The third-order valence-electron chi connectivity index (χ3n) is 3.66. The summed E-state index contributed by atoms with van der Waals surface area (Å²) < 4.78 is 69.3. The molecule has 2 aromatic carbocycles. The monoisotopic (exact) mass is 383 g/mol. The number of sulfone groups is 1. The fourth-order valence-corrected chi connectivity index (χ4v) is 3.30. The topological polar surface area (TPSA) is 80.4 Å². The SMILES string of the molecule is CS(=O)(=O)c1ccc(-c2c(-c3cc(F)cc(F)c3)noc2CO)cc1F. The fourth-order valence-electron chi connectivity index (χ4n) is 2.57. The molecule has 0 fully saturated rings. The summed E-state index contributed by atoms with van der Waals surface area (Å²) in [6, 6.07) is 5.98. The van der Waals surface area contributed by atoms with Gasteiger partial charge in [0.2, 0.25) is 0 Å². The second kappa shape index (κ2) is 6.58. The highest BCUT2D eigenvalue weighted by Crippen LogP contribution is 2.36. The van der Waals surface area contributed by atoms with E-state index in [9.17, 15) is 26.7 Å². The molecule has 0 aliphatic carbocycles. The predicted molar refractivity (Wildman–Crippen MR) is 86.3 cm³/mol. The number of aliphatic hydroxyl groups is 1. The molecule has 3 rings (SSSR count). The molecule has 0 saturated carbocycles. The number of rotatable bonds is 4. The molecule has 9 heteroatoms. The van der Waals surface area contributed by atoms with Crippen molar-refractivity contribution in [3.8, 4) is 22.4 Å². The predicted octanol–water partition coefficient (Wildman–Crippen LogP) is 3.32. The molecule has 0 spiro atoms. The Morgan fingerprint density at radius 1 is 1.04 bits per heavy atom. The van der Waals surface area contributed by atoms with E-state index in [-0.39, 0.29) is 28.1 Å². The second-order valence-electron chi connectivity index (χ2n) is 5.56. The second-order valence-corrected chi connectivity index (χ2v) is 7.55. The van der Waals surface area contributed by atoms with E-state index in [0.29, 0.717) is 6.07 Å². The summed E-state index contributed by atoms with van der Waals surface area (Å²) in [6.45, 7) is -0.602. The van der Waals surface area contributed by atoms with Crippen LogP contribution in [-0.2, 0) is 16.4 Å². The van der Waals surface area contributed by atoms with E-state index in [2.05, 4.69) is 5.16 Å². The van der Waals surface area contributed by atoms with Crippen molar-refractivity contribution in [1.82, 2.24) is 5.16 Å². The van der Waals surface area contributed by atoms with Gasteiger partial charge in [0.05, 0.1) is 5.56 Å². The molecule has 1 aromatic heterocycles. The van der Waals surface area contributed by atoms with Crippen molar-refractivity contribution < 1.29 is 31.2 Å². The van der Waals surface area contributed by atoms with E-state index >= 15 is 0 Å². The van der Waals surface area contributed by atoms with Gasteiger partial charge in [-0.2, -0.15) is 0 Å². The Kier molecular flexibility index (Phi) is 4.59. The Bertz CT molecular complexity index is 1070. The Morgan fingerprint density at radius 3 is 2.23 bits per heavy atom. The average molecular weight is 383 g/mol. The van der Waals surface area contributed by atoms with Crippen LogP contribution in [0.1, 0.15) is 5.76 Å². The number of aliphatic hydroxyl groups excluding tert-OH is 1. The van der Waals surface area contributed by atoms with Gasteiger partial charge in [0.1, 0.15) is 34.6 Å². The minimum Gasteiger partial charge on any atom is -0.388 e. The molecule has 0 aliphatic heterocycles. The summed E-state index contributed by atoms with van der Waals surface area (Å²) in [5.41, 5.74) is 0.254. The van der Waals surface area contributed by atoms with Crippen molar-refractivity contribution in [3.05, 3.63) is 59.6 Å². The van der Waals surface area contributed by atoms with E-state index in [1.54, 1.807) is 0 Å². The number of hydrogen-bond acceptors (Lipinski definition) is 5. The smallest absolute Gasteiger partial charge is 0.178 e. The molecule has 1 N–H and O–H groups in total. The summed E-state index contributed by atoms with van der Waals surface area (Å²) >= 11 is 0. The van der Waals surface area contributed by atoms with Crippen LogP contribution in [0.2, 0.25) is 0 Å². The van der Waals surface area contributed by atoms with Crippen LogP contribution in [0.5, 0.6) is 0 Å². The molecule has 0 radical (unpaired) electrons. The molecule has 0 bridgehead atoms. The number of benzene rings is 2. The van der Waals surface area contributed by atoms with Gasteiger partial charge in [-0.3, -0.25) is 0 Å². The summed E-state index contributed by atoms with van der Waals surface area (Å²) in [5, 5.41) is 13.1. The van der Waals surface area contributed by atoms with Gasteiger partial charge < -0.3 is 9.63 Å². The van der Waals surface area contributed by atoms with Crippen LogP contribution < -0.4 is 0 Å². The summed E-state index contributed by atoms with van der Waals surface area (Å²) in [6.07, 6.45) is 0.866. The van der Waals surface area contributed by atoms with E-state index < -0.39 is 38.8 Å². The van der Waals surface area contributed by atoms with Gasteiger partial charge in [-0.25, -0.2) is 21.6 Å². The maximum atomic E-state index is 14.2. The third-order valence-corrected chi connectivity index (χ3v) is 4.79. The van der Waals surface area contributed by atoms with Crippen LogP contribution in [0.4, 0.5) is 13.2 Å².